The maximum atomic E-state index is 10.3. The quantitative estimate of drug-likeness (QED) is 0.572. The summed E-state index contributed by atoms with van der Waals surface area (Å²) in [6, 6.07) is 1.22. The number of hydrogen-bond acceptors (Lipinski definition) is 3. The predicted octanol–water partition coefficient (Wildman–Crippen LogP) is -0.619. The van der Waals surface area contributed by atoms with Gasteiger partial charge in [0.05, 0.1) is 0 Å². The van der Waals surface area contributed by atoms with E-state index >= 15 is 0 Å². The predicted molar refractivity (Wildman–Crippen MR) is 28.9 cm³/mol. The summed E-state index contributed by atoms with van der Waals surface area (Å²) in [5.74, 6) is 0. The monoisotopic (exact) mass is 146 g/mol. The van der Waals surface area contributed by atoms with Crippen molar-refractivity contribution in [1.29, 1.82) is 0 Å². The zero-order chi connectivity index (χ0) is 6.91. The fourth-order valence-electron chi connectivity index (χ4n) is 0.396. The number of hydrogen-bond donors (Lipinski definition) is 1. The van der Waals surface area contributed by atoms with Crippen LogP contribution >= 0.6 is 0 Å². The minimum Gasteiger partial charge on any atom is -0.284 e. The smallest absolute Gasteiger partial charge is 0.273 e. The SMILES string of the molecule is [NH]S(=O)(=O)c1cc[nH]n1. The summed E-state index contributed by atoms with van der Waals surface area (Å²) in [4.78, 5) is 0. The van der Waals surface area contributed by atoms with Crippen LogP contribution in [0.1, 0.15) is 0 Å². The third kappa shape index (κ3) is 1.27. The van der Waals surface area contributed by atoms with Crippen molar-refractivity contribution in [3.05, 3.63) is 12.3 Å². The van der Waals surface area contributed by atoms with Crippen LogP contribution < -0.4 is 5.14 Å². The molecule has 0 aromatic carbocycles. The lowest BCUT2D eigenvalue weighted by Crippen LogP contribution is -2.00. The molecule has 1 aromatic rings. The van der Waals surface area contributed by atoms with Crippen molar-refractivity contribution in [2.24, 2.45) is 0 Å². The normalized spacial score (nSPS) is 11.7. The van der Waals surface area contributed by atoms with Crippen molar-refractivity contribution in [3.63, 3.8) is 0 Å². The molecule has 1 aromatic heterocycles. The van der Waals surface area contributed by atoms with Crippen molar-refractivity contribution in [1.82, 2.24) is 15.3 Å². The Morgan fingerprint density at radius 3 is 2.56 bits per heavy atom. The number of aromatic amines is 1. The topological polar surface area (TPSA) is 86.6 Å². The first-order chi connectivity index (χ1) is 4.11. The molecule has 1 rings (SSSR count). The lowest BCUT2D eigenvalue weighted by atomic mass is 10.8. The Labute approximate surface area is 51.9 Å². The standard InChI is InChI=1S/C3H4N3O2S/c4-9(7,8)3-1-2-5-6-3/h1-2,4H,(H,5,6). The molecule has 0 saturated heterocycles. The van der Waals surface area contributed by atoms with Crippen LogP contribution in [-0.2, 0) is 10.0 Å². The molecule has 0 aliphatic rings. The van der Waals surface area contributed by atoms with E-state index in [9.17, 15) is 8.42 Å². The van der Waals surface area contributed by atoms with Crippen LogP contribution in [-0.4, -0.2) is 18.6 Å². The van der Waals surface area contributed by atoms with E-state index in [4.69, 9.17) is 5.14 Å². The fraction of sp³-hybridized carbons (Fsp3) is 0. The van der Waals surface area contributed by atoms with E-state index in [-0.39, 0.29) is 5.03 Å². The van der Waals surface area contributed by atoms with E-state index in [0.29, 0.717) is 0 Å². The van der Waals surface area contributed by atoms with Gasteiger partial charge in [-0.25, -0.2) is 8.42 Å². The molecule has 6 heteroatoms. The minimum atomic E-state index is -3.85. The fourth-order valence-corrected chi connectivity index (χ4v) is 0.816. The molecule has 1 heterocycles. The van der Waals surface area contributed by atoms with Gasteiger partial charge in [0.2, 0.25) is 0 Å². The molecule has 0 atom stereocenters. The minimum absolute atomic E-state index is 0.248. The Balaban J connectivity index is 3.20. The molecule has 49 valence electrons. The van der Waals surface area contributed by atoms with E-state index in [0.717, 1.165) is 0 Å². The summed E-state index contributed by atoms with van der Waals surface area (Å²) in [6.45, 7) is 0. The summed E-state index contributed by atoms with van der Waals surface area (Å²) in [7, 11) is -3.85. The lowest BCUT2D eigenvalue weighted by Gasteiger charge is -1.83. The molecule has 0 unspecified atom stereocenters. The Bertz CT molecular complexity index is 274. The summed E-state index contributed by atoms with van der Waals surface area (Å²) >= 11 is 0. The molecule has 0 spiro atoms. The first-order valence-electron chi connectivity index (χ1n) is 2.10. The molecule has 0 bridgehead atoms. The zero-order valence-electron chi connectivity index (χ0n) is 4.33. The molecule has 0 saturated carbocycles. The van der Waals surface area contributed by atoms with Crippen LogP contribution in [0.3, 0.4) is 0 Å². The zero-order valence-corrected chi connectivity index (χ0v) is 5.14. The van der Waals surface area contributed by atoms with Gasteiger partial charge in [-0.1, -0.05) is 0 Å². The van der Waals surface area contributed by atoms with Gasteiger partial charge in [0.1, 0.15) is 0 Å². The molecule has 1 radical (unpaired) electrons. The number of nitrogens with zero attached hydrogens (tertiary/aromatic N) is 1. The Hall–Kier alpha value is -0.880. The third-order valence-corrected chi connectivity index (χ3v) is 1.53. The van der Waals surface area contributed by atoms with Gasteiger partial charge >= 0.3 is 0 Å². The largest absolute Gasteiger partial charge is 0.284 e. The van der Waals surface area contributed by atoms with Crippen molar-refractivity contribution in [2.75, 3.05) is 0 Å². The van der Waals surface area contributed by atoms with Gasteiger partial charge in [0.25, 0.3) is 10.0 Å². The second-order valence-electron chi connectivity index (χ2n) is 1.42. The number of sulfonamides is 1. The molecule has 9 heavy (non-hydrogen) atoms. The molecule has 0 fully saturated rings. The number of rotatable bonds is 1. The van der Waals surface area contributed by atoms with Gasteiger partial charge in [-0.2, -0.15) is 5.10 Å². The molecule has 2 N–H and O–H groups in total. The average Bonchev–Trinajstić information content (AvgIpc) is 2.08. The second-order valence-corrected chi connectivity index (χ2v) is 2.84. The van der Waals surface area contributed by atoms with Gasteiger partial charge in [-0.3, -0.25) is 5.10 Å². The Morgan fingerprint density at radius 2 is 2.33 bits per heavy atom. The Morgan fingerprint density at radius 1 is 1.67 bits per heavy atom. The molecular weight excluding hydrogens is 142 g/mol. The van der Waals surface area contributed by atoms with E-state index < -0.39 is 10.0 Å². The maximum absolute atomic E-state index is 10.3. The summed E-state index contributed by atoms with van der Waals surface area (Å²) in [5.41, 5.74) is 0. The van der Waals surface area contributed by atoms with Crippen molar-refractivity contribution in [2.45, 2.75) is 5.03 Å². The van der Waals surface area contributed by atoms with Crippen molar-refractivity contribution >= 4 is 10.0 Å². The van der Waals surface area contributed by atoms with Gasteiger partial charge in [0, 0.05) is 6.20 Å². The van der Waals surface area contributed by atoms with E-state index in [1.54, 1.807) is 0 Å². The summed E-state index contributed by atoms with van der Waals surface area (Å²) < 4.78 is 20.6. The van der Waals surface area contributed by atoms with Gasteiger partial charge in [-0.05, 0) is 6.07 Å². The first kappa shape index (κ1) is 6.24. The van der Waals surface area contributed by atoms with Gasteiger partial charge in [-0.15, -0.1) is 5.14 Å². The van der Waals surface area contributed by atoms with Crippen molar-refractivity contribution < 1.29 is 8.42 Å². The number of aromatic nitrogens is 2. The number of nitrogens with one attached hydrogen (secondary N) is 2. The molecular formula is C3H4N3O2S. The summed E-state index contributed by atoms with van der Waals surface area (Å²) in [5, 5.41) is 11.8. The highest BCUT2D eigenvalue weighted by atomic mass is 32.2. The van der Waals surface area contributed by atoms with E-state index in [1.165, 1.54) is 12.3 Å². The summed E-state index contributed by atoms with van der Waals surface area (Å²) in [6.07, 6.45) is 1.35. The average molecular weight is 146 g/mol. The number of H-pyrrole nitrogens is 1. The van der Waals surface area contributed by atoms with E-state index in [1.807, 2.05) is 0 Å². The van der Waals surface area contributed by atoms with Crippen LogP contribution in [0.15, 0.2) is 17.3 Å². The lowest BCUT2D eigenvalue weighted by molar-refractivity contribution is 0.592. The molecule has 0 aliphatic carbocycles. The van der Waals surface area contributed by atoms with Gasteiger partial charge in [0.15, 0.2) is 5.03 Å². The van der Waals surface area contributed by atoms with Crippen LogP contribution in [0, 0.1) is 0 Å². The second kappa shape index (κ2) is 1.82. The highest BCUT2D eigenvalue weighted by Gasteiger charge is 2.08. The highest BCUT2D eigenvalue weighted by Crippen LogP contribution is 1.98. The molecule has 0 aliphatic heterocycles. The first-order valence-corrected chi connectivity index (χ1v) is 3.58. The van der Waals surface area contributed by atoms with Crippen LogP contribution in [0.5, 0.6) is 0 Å². The Kier molecular flexibility index (Phi) is 1.26. The molecule has 0 amide bonds. The molecule has 5 nitrogen and oxygen atoms in total. The van der Waals surface area contributed by atoms with Gasteiger partial charge < -0.3 is 0 Å². The van der Waals surface area contributed by atoms with Crippen LogP contribution in [0.2, 0.25) is 0 Å². The van der Waals surface area contributed by atoms with Crippen LogP contribution in [0.25, 0.3) is 0 Å². The highest BCUT2D eigenvalue weighted by molar-refractivity contribution is 7.88. The van der Waals surface area contributed by atoms with E-state index in [2.05, 4.69) is 10.2 Å². The van der Waals surface area contributed by atoms with Crippen LogP contribution in [0.4, 0.5) is 0 Å². The third-order valence-electron chi connectivity index (χ3n) is 0.751. The maximum Gasteiger partial charge on any atom is 0.273 e. The van der Waals surface area contributed by atoms with Crippen molar-refractivity contribution in [3.8, 4) is 0 Å².